The van der Waals surface area contributed by atoms with Crippen LogP contribution in [0.3, 0.4) is 0 Å². The van der Waals surface area contributed by atoms with E-state index in [2.05, 4.69) is 15.3 Å². The zero-order chi connectivity index (χ0) is 14.5. The molecule has 0 bridgehead atoms. The Hall–Kier alpha value is -1.68. The lowest BCUT2D eigenvalue weighted by Gasteiger charge is -2.26. The lowest BCUT2D eigenvalue weighted by atomic mass is 10.1. The molecule has 6 N–H and O–H groups in total. The number of fused-ring (bicyclic) bond motifs is 1. The summed E-state index contributed by atoms with van der Waals surface area (Å²) in [6.07, 6.45) is -0.0781. The third-order valence-corrected chi connectivity index (χ3v) is 3.52. The summed E-state index contributed by atoms with van der Waals surface area (Å²) < 4.78 is 7.19. The Bertz CT molecular complexity index is 555. The van der Waals surface area contributed by atoms with Crippen LogP contribution in [0.15, 0.2) is 11.3 Å². The second-order valence-corrected chi connectivity index (χ2v) is 5.11. The summed E-state index contributed by atoms with van der Waals surface area (Å²) in [6.45, 7) is 1.22. The Morgan fingerprint density at radius 1 is 1.65 bits per heavy atom. The fourth-order valence-corrected chi connectivity index (χ4v) is 2.54. The van der Waals surface area contributed by atoms with Crippen LogP contribution in [0.1, 0.15) is 25.3 Å². The Kier molecular flexibility index (Phi) is 2.94. The first kappa shape index (κ1) is 13.3. The molecule has 3 rings (SSSR count). The van der Waals surface area contributed by atoms with E-state index in [1.807, 2.05) is 0 Å². The summed E-state index contributed by atoms with van der Waals surface area (Å²) in [6, 6.07) is 0. The van der Waals surface area contributed by atoms with Crippen LogP contribution in [-0.2, 0) is 10.5 Å². The highest BCUT2D eigenvalue weighted by atomic mass is 16.5. The molecule has 0 aromatic carbocycles. The normalized spacial score (nSPS) is 36.4. The van der Waals surface area contributed by atoms with Crippen LogP contribution >= 0.6 is 0 Å². The van der Waals surface area contributed by atoms with Gasteiger partial charge in [0.05, 0.1) is 19.0 Å². The number of ether oxygens (including phenoxy) is 1. The number of anilines is 1. The largest absolute Gasteiger partial charge is 0.394 e. The van der Waals surface area contributed by atoms with Crippen molar-refractivity contribution in [3.63, 3.8) is 0 Å². The van der Waals surface area contributed by atoms with Crippen LogP contribution in [0.5, 0.6) is 0 Å². The molecule has 0 aliphatic carbocycles. The molecule has 1 aromatic heterocycles. The molecule has 1 fully saturated rings. The molecule has 2 aliphatic heterocycles. The summed E-state index contributed by atoms with van der Waals surface area (Å²) in [4.78, 5) is 8.00. The predicted molar refractivity (Wildman–Crippen MR) is 68.7 cm³/mol. The molecule has 9 heteroatoms. The molecular formula is C11H17N5O4. The second kappa shape index (κ2) is 4.42. The number of rotatable bonds is 2. The molecule has 0 spiro atoms. The minimum absolute atomic E-state index is 0.0708. The number of nitrogens with one attached hydrogen (secondary N) is 1. The van der Waals surface area contributed by atoms with Gasteiger partial charge in [0.2, 0.25) is 5.72 Å². The van der Waals surface area contributed by atoms with Crippen molar-refractivity contribution in [2.45, 2.75) is 37.5 Å². The van der Waals surface area contributed by atoms with Crippen LogP contribution < -0.4 is 11.1 Å². The topological polar surface area (TPSA) is 138 Å². The first-order valence-corrected chi connectivity index (χ1v) is 6.29. The Balaban J connectivity index is 1.94. The molecule has 9 nitrogen and oxygen atoms in total. The van der Waals surface area contributed by atoms with Gasteiger partial charge < -0.3 is 31.1 Å². The third kappa shape index (κ3) is 1.95. The van der Waals surface area contributed by atoms with Gasteiger partial charge in [0.15, 0.2) is 5.96 Å². The lowest BCUT2D eigenvalue weighted by molar-refractivity contribution is -0.0438. The van der Waals surface area contributed by atoms with Crippen molar-refractivity contribution in [3.05, 3.63) is 12.0 Å². The number of nitrogens with two attached hydrogens (primary N) is 1. The van der Waals surface area contributed by atoms with E-state index in [0.29, 0.717) is 17.9 Å². The van der Waals surface area contributed by atoms with E-state index in [0.717, 1.165) is 0 Å². The van der Waals surface area contributed by atoms with Gasteiger partial charge in [0.1, 0.15) is 23.8 Å². The van der Waals surface area contributed by atoms with Gasteiger partial charge in [-0.25, -0.2) is 9.98 Å². The third-order valence-electron chi connectivity index (χ3n) is 3.52. The first-order valence-electron chi connectivity index (χ1n) is 6.29. The van der Waals surface area contributed by atoms with Crippen LogP contribution in [0, 0.1) is 0 Å². The van der Waals surface area contributed by atoms with Gasteiger partial charge in [0, 0.05) is 6.42 Å². The van der Waals surface area contributed by atoms with E-state index in [9.17, 15) is 10.2 Å². The van der Waals surface area contributed by atoms with Crippen molar-refractivity contribution in [2.75, 3.05) is 11.9 Å². The van der Waals surface area contributed by atoms with Crippen molar-refractivity contribution < 1.29 is 20.1 Å². The molecular weight excluding hydrogens is 266 g/mol. The Morgan fingerprint density at radius 3 is 3.05 bits per heavy atom. The van der Waals surface area contributed by atoms with E-state index < -0.39 is 24.2 Å². The van der Waals surface area contributed by atoms with Gasteiger partial charge in [0.25, 0.3) is 0 Å². The smallest absolute Gasteiger partial charge is 0.203 e. The highest BCUT2D eigenvalue weighted by Crippen LogP contribution is 2.37. The molecule has 4 atom stereocenters. The van der Waals surface area contributed by atoms with E-state index in [-0.39, 0.29) is 12.6 Å². The summed E-state index contributed by atoms with van der Waals surface area (Å²) in [5.74, 6) is 0.541. The van der Waals surface area contributed by atoms with Gasteiger partial charge in [-0.05, 0) is 6.92 Å². The number of hydrogen-bond donors (Lipinski definition) is 5. The highest BCUT2D eigenvalue weighted by Gasteiger charge is 2.39. The van der Waals surface area contributed by atoms with Crippen LogP contribution in [-0.4, -0.2) is 49.6 Å². The maximum absolute atomic E-state index is 10.2. The summed E-state index contributed by atoms with van der Waals surface area (Å²) in [7, 11) is 0. The van der Waals surface area contributed by atoms with E-state index in [4.69, 9.17) is 15.6 Å². The zero-order valence-electron chi connectivity index (χ0n) is 10.9. The van der Waals surface area contributed by atoms with Gasteiger partial charge >= 0.3 is 0 Å². The van der Waals surface area contributed by atoms with Crippen molar-refractivity contribution in [3.8, 4) is 0 Å². The summed E-state index contributed by atoms with van der Waals surface area (Å²) >= 11 is 0. The standard InChI is InChI=1S/C11H17N5O4/c1-11(19)8-9(14-10(12)15-11)16(4-13-8)7-2-5(18)6(3-17)20-7/h4-7,17-19H,2-3H2,1H3,(H3,12,14,15)/t5-,6+,7+,11?/m0/s1. The van der Waals surface area contributed by atoms with Crippen LogP contribution in [0.25, 0.3) is 0 Å². The van der Waals surface area contributed by atoms with Crippen molar-refractivity contribution >= 4 is 11.8 Å². The van der Waals surface area contributed by atoms with Crippen molar-refractivity contribution in [2.24, 2.45) is 10.7 Å². The summed E-state index contributed by atoms with van der Waals surface area (Å²) in [5.41, 5.74) is 4.46. The van der Waals surface area contributed by atoms with Gasteiger partial charge in [-0.15, -0.1) is 0 Å². The predicted octanol–water partition coefficient (Wildman–Crippen LogP) is -1.57. The number of aliphatic hydroxyl groups excluding tert-OH is 2. The fourth-order valence-electron chi connectivity index (χ4n) is 2.54. The quantitative estimate of drug-likeness (QED) is 0.442. The number of aliphatic hydroxyl groups is 3. The Labute approximate surface area is 114 Å². The molecule has 2 aliphatic rings. The van der Waals surface area contributed by atoms with Gasteiger partial charge in [-0.2, -0.15) is 0 Å². The molecule has 0 saturated carbocycles. The number of imidazole rings is 1. The number of nitrogens with zero attached hydrogens (tertiary/aromatic N) is 3. The van der Waals surface area contributed by atoms with Gasteiger partial charge in [-0.1, -0.05) is 0 Å². The molecule has 0 amide bonds. The van der Waals surface area contributed by atoms with Crippen LogP contribution in [0.2, 0.25) is 0 Å². The average Bonchev–Trinajstić information content (AvgIpc) is 2.91. The molecule has 0 radical (unpaired) electrons. The number of guanidine groups is 1. The van der Waals surface area contributed by atoms with Crippen LogP contribution in [0.4, 0.5) is 5.82 Å². The maximum Gasteiger partial charge on any atom is 0.203 e. The monoisotopic (exact) mass is 283 g/mol. The number of aromatic nitrogens is 2. The van der Waals surface area contributed by atoms with E-state index in [1.165, 1.54) is 13.3 Å². The Morgan fingerprint density at radius 2 is 2.40 bits per heavy atom. The highest BCUT2D eigenvalue weighted by molar-refractivity contribution is 5.94. The van der Waals surface area contributed by atoms with Crippen molar-refractivity contribution in [1.29, 1.82) is 0 Å². The lowest BCUT2D eigenvalue weighted by Crippen LogP contribution is -2.36. The minimum Gasteiger partial charge on any atom is -0.394 e. The first-order chi connectivity index (χ1) is 9.42. The summed E-state index contributed by atoms with van der Waals surface area (Å²) in [5, 5.41) is 31.9. The SMILES string of the molecule is CC1(O)N=C(N)Nc2c1ncn2[C@H]1C[C@H](O)[C@@H](CO)O1. The second-order valence-electron chi connectivity index (χ2n) is 5.11. The molecule has 1 aromatic rings. The van der Waals surface area contributed by atoms with E-state index >= 15 is 0 Å². The molecule has 3 heterocycles. The van der Waals surface area contributed by atoms with Gasteiger partial charge in [-0.3, -0.25) is 4.57 Å². The molecule has 1 unspecified atom stereocenters. The zero-order valence-corrected chi connectivity index (χ0v) is 10.9. The minimum atomic E-state index is -1.51. The molecule has 20 heavy (non-hydrogen) atoms. The van der Waals surface area contributed by atoms with E-state index in [1.54, 1.807) is 4.57 Å². The average molecular weight is 283 g/mol. The molecule has 1 saturated heterocycles. The number of aliphatic imine (C=N–C) groups is 1. The number of hydrogen-bond acceptors (Lipinski definition) is 8. The molecule has 110 valence electrons. The maximum atomic E-state index is 10.2. The fraction of sp³-hybridized carbons (Fsp3) is 0.636. The van der Waals surface area contributed by atoms with Crippen molar-refractivity contribution in [1.82, 2.24) is 9.55 Å².